The summed E-state index contributed by atoms with van der Waals surface area (Å²) in [4.78, 5) is 26.4. The van der Waals surface area contributed by atoms with Gasteiger partial charge in [0.05, 0.1) is 18.2 Å². The number of carbonyl (C=O) groups excluding carboxylic acids is 1. The van der Waals surface area contributed by atoms with Crippen LogP contribution in [0.4, 0.5) is 5.13 Å². The largest absolute Gasteiger partial charge is 0.341 e. The molecular weight excluding hydrogens is 250 g/mol. The fourth-order valence-electron chi connectivity index (χ4n) is 1.92. The van der Waals surface area contributed by atoms with Crippen molar-refractivity contribution >= 4 is 22.4 Å². The molecule has 0 aromatic carbocycles. The Morgan fingerprint density at radius 2 is 2.50 bits per heavy atom. The van der Waals surface area contributed by atoms with Gasteiger partial charge in [-0.05, 0) is 7.05 Å². The van der Waals surface area contributed by atoms with Crippen molar-refractivity contribution in [1.29, 1.82) is 0 Å². The molecule has 1 aliphatic rings. The van der Waals surface area contributed by atoms with E-state index in [1.165, 1.54) is 17.4 Å². The Labute approximate surface area is 108 Å². The summed E-state index contributed by atoms with van der Waals surface area (Å²) in [5.41, 5.74) is 1.55. The van der Waals surface area contributed by atoms with Crippen LogP contribution in [-0.4, -0.2) is 39.4 Å². The van der Waals surface area contributed by atoms with E-state index in [4.69, 9.17) is 0 Å². The van der Waals surface area contributed by atoms with Crippen LogP contribution in [0.15, 0.2) is 12.5 Å². The maximum Gasteiger partial charge on any atom is 0.275 e. The molecule has 0 radical (unpaired) electrons. The van der Waals surface area contributed by atoms with Crippen LogP contribution in [0.2, 0.25) is 0 Å². The van der Waals surface area contributed by atoms with Crippen molar-refractivity contribution in [3.63, 3.8) is 0 Å². The van der Waals surface area contributed by atoms with E-state index in [0.29, 0.717) is 10.8 Å². The molecule has 1 amide bonds. The van der Waals surface area contributed by atoms with Gasteiger partial charge in [-0.2, -0.15) is 0 Å². The molecule has 0 bridgehead atoms. The number of carbonyl (C=O) groups is 1. The SMILES string of the molecule is CN1CCc2nc(NC(=O)c3cnc[nH]3)sc2C1. The summed E-state index contributed by atoms with van der Waals surface area (Å²) >= 11 is 1.55. The number of H-pyrrole nitrogens is 1. The van der Waals surface area contributed by atoms with Gasteiger partial charge in [0.15, 0.2) is 5.13 Å². The number of amides is 1. The number of rotatable bonds is 2. The summed E-state index contributed by atoms with van der Waals surface area (Å²) in [7, 11) is 2.09. The van der Waals surface area contributed by atoms with Gasteiger partial charge in [0, 0.05) is 24.4 Å². The number of aromatic nitrogens is 3. The first kappa shape index (κ1) is 11.4. The smallest absolute Gasteiger partial charge is 0.275 e. The molecule has 3 rings (SSSR count). The normalized spacial score (nSPS) is 15.4. The minimum Gasteiger partial charge on any atom is -0.341 e. The monoisotopic (exact) mass is 263 g/mol. The van der Waals surface area contributed by atoms with Gasteiger partial charge in [-0.25, -0.2) is 9.97 Å². The average molecular weight is 263 g/mol. The Bertz CT molecular complexity index is 562. The minimum absolute atomic E-state index is 0.202. The van der Waals surface area contributed by atoms with Crippen molar-refractivity contribution in [2.45, 2.75) is 13.0 Å². The van der Waals surface area contributed by atoms with Gasteiger partial charge in [0.25, 0.3) is 5.91 Å². The fraction of sp³-hybridized carbons (Fsp3) is 0.364. The van der Waals surface area contributed by atoms with Crippen LogP contribution in [0.5, 0.6) is 0 Å². The lowest BCUT2D eigenvalue weighted by atomic mass is 10.2. The zero-order valence-corrected chi connectivity index (χ0v) is 10.8. The molecule has 7 heteroatoms. The Morgan fingerprint density at radius 1 is 1.61 bits per heavy atom. The van der Waals surface area contributed by atoms with Crippen molar-refractivity contribution in [3.8, 4) is 0 Å². The second kappa shape index (κ2) is 4.51. The van der Waals surface area contributed by atoms with Crippen molar-refractivity contribution < 1.29 is 4.79 Å². The van der Waals surface area contributed by atoms with E-state index in [-0.39, 0.29) is 5.91 Å². The first-order valence-electron chi connectivity index (χ1n) is 5.69. The molecule has 2 N–H and O–H groups in total. The molecule has 0 spiro atoms. The standard InChI is InChI=1S/C11H13N5OS/c1-16-3-2-7-9(5-16)18-11(14-7)15-10(17)8-4-12-6-13-8/h4,6H,2-3,5H2,1H3,(H,12,13)(H,14,15,17). The molecule has 6 nitrogen and oxygen atoms in total. The van der Waals surface area contributed by atoms with Crippen LogP contribution in [-0.2, 0) is 13.0 Å². The maximum absolute atomic E-state index is 11.8. The molecule has 3 heterocycles. The third kappa shape index (κ3) is 2.14. The molecule has 0 unspecified atom stereocenters. The average Bonchev–Trinajstić information content (AvgIpc) is 2.95. The summed E-state index contributed by atoms with van der Waals surface area (Å²) in [5, 5.41) is 3.46. The molecule has 0 aliphatic carbocycles. The van der Waals surface area contributed by atoms with Gasteiger partial charge in [-0.15, -0.1) is 11.3 Å². The number of likely N-dealkylation sites (N-methyl/N-ethyl adjacent to an activating group) is 1. The predicted octanol–water partition coefficient (Wildman–Crippen LogP) is 1.11. The molecule has 0 saturated heterocycles. The lowest BCUT2D eigenvalue weighted by molar-refractivity contribution is 0.102. The third-order valence-electron chi connectivity index (χ3n) is 2.89. The predicted molar refractivity (Wildman–Crippen MR) is 68.7 cm³/mol. The maximum atomic E-state index is 11.8. The second-order valence-corrected chi connectivity index (χ2v) is 5.38. The zero-order valence-electron chi connectivity index (χ0n) is 9.93. The number of thiazole rings is 1. The van der Waals surface area contributed by atoms with Crippen LogP contribution >= 0.6 is 11.3 Å². The van der Waals surface area contributed by atoms with Crippen LogP contribution in [0.25, 0.3) is 0 Å². The van der Waals surface area contributed by atoms with Gasteiger partial charge < -0.3 is 9.88 Å². The Balaban J connectivity index is 1.76. The van der Waals surface area contributed by atoms with Crippen molar-refractivity contribution in [3.05, 3.63) is 28.8 Å². The van der Waals surface area contributed by atoms with Gasteiger partial charge in [-0.1, -0.05) is 0 Å². The molecule has 2 aromatic heterocycles. The number of imidazole rings is 1. The van der Waals surface area contributed by atoms with Crippen LogP contribution < -0.4 is 5.32 Å². The number of anilines is 1. The van der Waals surface area contributed by atoms with Gasteiger partial charge in [0.1, 0.15) is 5.69 Å². The second-order valence-electron chi connectivity index (χ2n) is 4.30. The van der Waals surface area contributed by atoms with E-state index in [1.807, 2.05) is 0 Å². The molecule has 0 saturated carbocycles. The van der Waals surface area contributed by atoms with Crippen molar-refractivity contribution in [2.75, 3.05) is 18.9 Å². The lowest BCUT2D eigenvalue weighted by Gasteiger charge is -2.20. The first-order chi connectivity index (χ1) is 8.72. The van der Waals surface area contributed by atoms with Crippen molar-refractivity contribution in [1.82, 2.24) is 19.9 Å². The lowest BCUT2D eigenvalue weighted by Crippen LogP contribution is -2.25. The number of aromatic amines is 1. The quantitative estimate of drug-likeness (QED) is 0.851. The first-order valence-corrected chi connectivity index (χ1v) is 6.51. The topological polar surface area (TPSA) is 73.9 Å². The van der Waals surface area contributed by atoms with Crippen LogP contribution in [0.3, 0.4) is 0 Å². The summed E-state index contributed by atoms with van der Waals surface area (Å²) in [5.74, 6) is -0.202. The summed E-state index contributed by atoms with van der Waals surface area (Å²) < 4.78 is 0. The molecular formula is C11H13N5OS. The van der Waals surface area contributed by atoms with E-state index in [9.17, 15) is 4.79 Å². The Kier molecular flexibility index (Phi) is 2.85. The van der Waals surface area contributed by atoms with Crippen LogP contribution in [0.1, 0.15) is 21.1 Å². The molecule has 0 atom stereocenters. The van der Waals surface area contributed by atoms with E-state index in [2.05, 4.69) is 32.2 Å². The minimum atomic E-state index is -0.202. The van der Waals surface area contributed by atoms with E-state index in [0.717, 1.165) is 25.2 Å². The number of hydrogen-bond donors (Lipinski definition) is 2. The Morgan fingerprint density at radius 3 is 3.28 bits per heavy atom. The molecule has 94 valence electrons. The molecule has 1 aliphatic heterocycles. The third-order valence-corrected chi connectivity index (χ3v) is 3.88. The molecule has 0 fully saturated rings. The van der Waals surface area contributed by atoms with Crippen LogP contribution in [0, 0.1) is 0 Å². The molecule has 2 aromatic rings. The number of nitrogens with zero attached hydrogens (tertiary/aromatic N) is 3. The molecule has 18 heavy (non-hydrogen) atoms. The highest BCUT2D eigenvalue weighted by Crippen LogP contribution is 2.27. The highest BCUT2D eigenvalue weighted by molar-refractivity contribution is 7.15. The fourth-order valence-corrected chi connectivity index (χ4v) is 3.00. The number of fused-ring (bicyclic) bond motifs is 1. The Hall–Kier alpha value is -1.73. The van der Waals surface area contributed by atoms with Gasteiger partial charge in [0.2, 0.25) is 0 Å². The van der Waals surface area contributed by atoms with E-state index in [1.54, 1.807) is 11.3 Å². The highest BCUT2D eigenvalue weighted by Gasteiger charge is 2.19. The van der Waals surface area contributed by atoms with Gasteiger partial charge in [-0.3, -0.25) is 10.1 Å². The van der Waals surface area contributed by atoms with Crippen molar-refractivity contribution in [2.24, 2.45) is 0 Å². The van der Waals surface area contributed by atoms with Gasteiger partial charge >= 0.3 is 0 Å². The summed E-state index contributed by atoms with van der Waals surface area (Å²) in [6, 6.07) is 0. The highest BCUT2D eigenvalue weighted by atomic mass is 32.1. The zero-order chi connectivity index (χ0) is 12.5. The van der Waals surface area contributed by atoms with E-state index < -0.39 is 0 Å². The summed E-state index contributed by atoms with van der Waals surface area (Å²) in [6.45, 7) is 1.93. The number of hydrogen-bond acceptors (Lipinski definition) is 5. The summed E-state index contributed by atoms with van der Waals surface area (Å²) in [6.07, 6.45) is 3.93. The van der Waals surface area contributed by atoms with E-state index >= 15 is 0 Å². The number of nitrogens with one attached hydrogen (secondary N) is 2.